The van der Waals surface area contributed by atoms with E-state index in [9.17, 15) is 5.26 Å². The number of nitrogens with one attached hydrogen (secondary N) is 1. The van der Waals surface area contributed by atoms with Crippen molar-refractivity contribution in [3.63, 3.8) is 0 Å². The second-order valence-electron chi connectivity index (χ2n) is 5.67. The van der Waals surface area contributed by atoms with Crippen LogP contribution in [0.2, 0.25) is 0 Å². The molecule has 0 atom stereocenters. The highest BCUT2D eigenvalue weighted by Gasteiger charge is 2.16. The normalized spacial score (nSPS) is 13.8. The molecule has 2 heterocycles. The highest BCUT2D eigenvalue weighted by molar-refractivity contribution is 7.13. The smallest absolute Gasteiger partial charge is 0.188 e. The summed E-state index contributed by atoms with van der Waals surface area (Å²) in [5, 5.41) is 15.4. The molecule has 0 fully saturated rings. The summed E-state index contributed by atoms with van der Waals surface area (Å²) in [6.45, 7) is 4.24. The molecule has 0 spiro atoms. The third kappa shape index (κ3) is 2.91. The lowest BCUT2D eigenvalue weighted by molar-refractivity contribution is 0.668. The van der Waals surface area contributed by atoms with Gasteiger partial charge in [0.05, 0.1) is 11.3 Å². The van der Waals surface area contributed by atoms with E-state index in [0.29, 0.717) is 17.3 Å². The van der Waals surface area contributed by atoms with Crippen molar-refractivity contribution in [3.8, 4) is 6.07 Å². The van der Waals surface area contributed by atoms with Crippen LogP contribution < -0.4 is 5.32 Å². The highest BCUT2D eigenvalue weighted by Crippen LogP contribution is 2.28. The van der Waals surface area contributed by atoms with Gasteiger partial charge in [0.15, 0.2) is 5.13 Å². The number of fused-ring (bicyclic) bond motifs is 1. The minimum Gasteiger partial charge on any atom is -0.315 e. The summed E-state index contributed by atoms with van der Waals surface area (Å²) in [6, 6.07) is 4.23. The maximum atomic E-state index is 9.34. The lowest BCUT2D eigenvalue weighted by atomic mass is 9.95. The average molecular weight is 298 g/mol. The predicted molar refractivity (Wildman–Crippen MR) is 85.1 cm³/mol. The van der Waals surface area contributed by atoms with Gasteiger partial charge in [-0.25, -0.2) is 9.97 Å². The van der Waals surface area contributed by atoms with Gasteiger partial charge in [0.25, 0.3) is 0 Å². The number of pyridine rings is 1. The van der Waals surface area contributed by atoms with Crippen LogP contribution in [0.4, 0.5) is 10.9 Å². The number of nitrogens with zero attached hydrogens (tertiary/aromatic N) is 3. The van der Waals surface area contributed by atoms with Gasteiger partial charge in [-0.3, -0.25) is 0 Å². The van der Waals surface area contributed by atoms with E-state index in [0.717, 1.165) is 29.4 Å². The van der Waals surface area contributed by atoms with Crippen molar-refractivity contribution < 1.29 is 0 Å². The van der Waals surface area contributed by atoms with Crippen LogP contribution in [0.25, 0.3) is 0 Å². The number of thiazole rings is 1. The van der Waals surface area contributed by atoms with Crippen molar-refractivity contribution in [2.45, 2.75) is 45.4 Å². The fourth-order valence-electron chi connectivity index (χ4n) is 2.52. The number of hydrogen-bond acceptors (Lipinski definition) is 5. The number of nitriles is 1. The first-order chi connectivity index (χ1) is 10.2. The molecule has 4 nitrogen and oxygen atoms in total. The Kier molecular flexibility index (Phi) is 3.89. The van der Waals surface area contributed by atoms with Gasteiger partial charge in [-0.1, -0.05) is 13.8 Å². The van der Waals surface area contributed by atoms with E-state index in [-0.39, 0.29) is 0 Å². The van der Waals surface area contributed by atoms with Crippen LogP contribution in [0, 0.1) is 11.3 Å². The number of anilines is 2. The summed E-state index contributed by atoms with van der Waals surface area (Å²) in [6.07, 6.45) is 4.41. The Morgan fingerprint density at radius 2 is 2.10 bits per heavy atom. The van der Waals surface area contributed by atoms with Gasteiger partial charge in [-0.2, -0.15) is 5.26 Å². The first kappa shape index (κ1) is 14.0. The second kappa shape index (κ2) is 5.82. The fourth-order valence-corrected chi connectivity index (χ4v) is 3.40. The highest BCUT2D eigenvalue weighted by atomic mass is 32.1. The van der Waals surface area contributed by atoms with Crippen molar-refractivity contribution in [2.24, 2.45) is 0 Å². The molecule has 108 valence electrons. The zero-order chi connectivity index (χ0) is 14.8. The Balaban J connectivity index is 1.92. The van der Waals surface area contributed by atoms with Crippen LogP contribution in [0.15, 0.2) is 11.4 Å². The molecule has 0 aromatic carbocycles. The Labute approximate surface area is 128 Å². The van der Waals surface area contributed by atoms with E-state index in [2.05, 4.69) is 40.6 Å². The Bertz CT molecular complexity index is 697. The predicted octanol–water partition coefficient (Wildman–Crippen LogP) is 4.16. The van der Waals surface area contributed by atoms with Crippen molar-refractivity contribution in [2.75, 3.05) is 5.32 Å². The molecule has 0 saturated carbocycles. The lowest BCUT2D eigenvalue weighted by Crippen LogP contribution is -2.09. The molecule has 0 radical (unpaired) electrons. The Morgan fingerprint density at radius 3 is 2.81 bits per heavy atom. The molecule has 0 aliphatic heterocycles. The van der Waals surface area contributed by atoms with Crippen molar-refractivity contribution in [1.29, 1.82) is 5.26 Å². The summed E-state index contributed by atoms with van der Waals surface area (Å²) in [5.41, 5.74) is 4.03. The van der Waals surface area contributed by atoms with Gasteiger partial charge in [0, 0.05) is 11.1 Å². The zero-order valence-electron chi connectivity index (χ0n) is 12.3. The van der Waals surface area contributed by atoms with Gasteiger partial charge in [0.2, 0.25) is 0 Å². The molecule has 0 bridgehead atoms. The van der Waals surface area contributed by atoms with E-state index in [1.165, 1.54) is 18.4 Å². The molecule has 1 aliphatic rings. The summed E-state index contributed by atoms with van der Waals surface area (Å²) < 4.78 is 0. The van der Waals surface area contributed by atoms with Gasteiger partial charge in [-0.15, -0.1) is 11.3 Å². The van der Waals surface area contributed by atoms with Gasteiger partial charge in [-0.05, 0) is 43.2 Å². The molecule has 1 aliphatic carbocycles. The topological polar surface area (TPSA) is 61.6 Å². The van der Waals surface area contributed by atoms with E-state index in [4.69, 9.17) is 0 Å². The lowest BCUT2D eigenvalue weighted by Gasteiger charge is -2.16. The van der Waals surface area contributed by atoms with Crippen LogP contribution in [0.1, 0.15) is 55.1 Å². The monoisotopic (exact) mass is 298 g/mol. The van der Waals surface area contributed by atoms with Gasteiger partial charge in [0.1, 0.15) is 11.9 Å². The molecular weight excluding hydrogens is 280 g/mol. The quantitative estimate of drug-likeness (QED) is 0.924. The van der Waals surface area contributed by atoms with E-state index in [1.54, 1.807) is 11.3 Å². The van der Waals surface area contributed by atoms with Crippen LogP contribution in [-0.4, -0.2) is 9.97 Å². The largest absolute Gasteiger partial charge is 0.315 e. The van der Waals surface area contributed by atoms with Crippen molar-refractivity contribution in [3.05, 3.63) is 34.0 Å². The van der Waals surface area contributed by atoms with Crippen LogP contribution in [-0.2, 0) is 12.8 Å². The minimum atomic E-state index is 0.406. The SMILES string of the molecule is CC(C)c1csc(Nc2nc3c(cc2C#N)CCCC3)n1. The maximum Gasteiger partial charge on any atom is 0.188 e. The second-order valence-corrected chi connectivity index (χ2v) is 6.52. The number of rotatable bonds is 3. The summed E-state index contributed by atoms with van der Waals surface area (Å²) >= 11 is 1.56. The van der Waals surface area contributed by atoms with Crippen molar-refractivity contribution >= 4 is 22.3 Å². The molecule has 3 rings (SSSR count). The standard InChI is InChI=1S/C16H18N4S/c1-10(2)14-9-21-16(19-14)20-15-12(8-17)7-11-5-3-4-6-13(11)18-15/h7,9-10H,3-6H2,1-2H3,(H,18,19,20). The number of aryl methyl sites for hydroxylation is 2. The molecular formula is C16H18N4S. The molecule has 21 heavy (non-hydrogen) atoms. The molecule has 0 unspecified atom stereocenters. The van der Waals surface area contributed by atoms with Gasteiger partial charge >= 0.3 is 0 Å². The molecule has 0 saturated heterocycles. The first-order valence-corrected chi connectivity index (χ1v) is 8.20. The van der Waals surface area contributed by atoms with E-state index >= 15 is 0 Å². The summed E-state index contributed by atoms with van der Waals surface area (Å²) in [4.78, 5) is 9.22. The Morgan fingerprint density at radius 1 is 1.29 bits per heavy atom. The van der Waals surface area contributed by atoms with E-state index in [1.807, 2.05) is 6.07 Å². The number of hydrogen-bond donors (Lipinski definition) is 1. The third-order valence-electron chi connectivity index (χ3n) is 3.76. The molecule has 2 aromatic rings. The molecule has 0 amide bonds. The molecule has 1 N–H and O–H groups in total. The minimum absolute atomic E-state index is 0.406. The number of aromatic nitrogens is 2. The molecule has 2 aromatic heterocycles. The summed E-state index contributed by atoms with van der Waals surface area (Å²) in [7, 11) is 0. The Hall–Kier alpha value is -1.93. The van der Waals surface area contributed by atoms with Crippen LogP contribution in [0.5, 0.6) is 0 Å². The van der Waals surface area contributed by atoms with Crippen LogP contribution in [0.3, 0.4) is 0 Å². The molecule has 5 heteroatoms. The zero-order valence-corrected chi connectivity index (χ0v) is 13.1. The maximum absolute atomic E-state index is 9.34. The summed E-state index contributed by atoms with van der Waals surface area (Å²) in [5.74, 6) is 1.05. The van der Waals surface area contributed by atoms with E-state index < -0.39 is 0 Å². The van der Waals surface area contributed by atoms with Crippen LogP contribution >= 0.6 is 11.3 Å². The average Bonchev–Trinajstić information content (AvgIpc) is 2.95. The van der Waals surface area contributed by atoms with Crippen molar-refractivity contribution in [1.82, 2.24) is 9.97 Å². The first-order valence-electron chi connectivity index (χ1n) is 7.32. The van der Waals surface area contributed by atoms with Gasteiger partial charge < -0.3 is 5.32 Å². The fraction of sp³-hybridized carbons (Fsp3) is 0.438. The third-order valence-corrected chi connectivity index (χ3v) is 4.54.